The summed E-state index contributed by atoms with van der Waals surface area (Å²) in [7, 11) is 0. The number of aryl methyl sites for hydroxylation is 2. The van der Waals surface area contributed by atoms with Crippen molar-refractivity contribution in [2.45, 2.75) is 66.3 Å². The van der Waals surface area contributed by atoms with Gasteiger partial charge in [-0.05, 0) is 56.4 Å². The van der Waals surface area contributed by atoms with Gasteiger partial charge in [0.1, 0.15) is 0 Å². The van der Waals surface area contributed by atoms with Crippen molar-refractivity contribution in [3.05, 3.63) is 62.3 Å². The van der Waals surface area contributed by atoms with Gasteiger partial charge in [0, 0.05) is 6.54 Å². The van der Waals surface area contributed by atoms with Gasteiger partial charge in [0.25, 0.3) is 5.91 Å². The summed E-state index contributed by atoms with van der Waals surface area (Å²) in [6, 6.07) is 7.44. The molecule has 0 fully saturated rings. The molecule has 0 bridgehead atoms. The highest BCUT2D eigenvalue weighted by atomic mass is 32.1. The van der Waals surface area contributed by atoms with Crippen LogP contribution in [-0.4, -0.2) is 57.8 Å². The second-order valence-electron chi connectivity index (χ2n) is 9.89. The number of aliphatic hydroxyl groups is 1. The van der Waals surface area contributed by atoms with Gasteiger partial charge in [-0.1, -0.05) is 58.9 Å². The Labute approximate surface area is 207 Å². The lowest BCUT2D eigenvalue weighted by Crippen LogP contribution is -2.34. The third-order valence-electron chi connectivity index (χ3n) is 6.52. The monoisotopic (exact) mass is 483 g/mol. The highest BCUT2D eigenvalue weighted by Gasteiger charge is 2.44. The van der Waals surface area contributed by atoms with Crippen LogP contribution in [0.1, 0.15) is 78.6 Å². The Hall–Kier alpha value is -2.51. The number of nitrogens with zero attached hydrogens (tertiary/aromatic N) is 3. The Morgan fingerprint density at radius 2 is 1.76 bits per heavy atom. The summed E-state index contributed by atoms with van der Waals surface area (Å²) in [6.45, 7) is 17.5. The van der Waals surface area contributed by atoms with Crippen molar-refractivity contribution >= 4 is 23.0 Å². The molecule has 0 radical (unpaired) electrons. The van der Waals surface area contributed by atoms with Gasteiger partial charge >= 0.3 is 0 Å². The van der Waals surface area contributed by atoms with Gasteiger partial charge in [0.2, 0.25) is 5.78 Å². The summed E-state index contributed by atoms with van der Waals surface area (Å²) in [5.74, 6) is -1.24. The van der Waals surface area contributed by atoms with Crippen LogP contribution >= 0.6 is 11.3 Å². The normalized spacial score (nSPS) is 16.8. The van der Waals surface area contributed by atoms with Gasteiger partial charge < -0.3 is 14.9 Å². The van der Waals surface area contributed by atoms with Crippen LogP contribution in [0.4, 0.5) is 0 Å². The number of aliphatic hydroxyl groups excluding tert-OH is 1. The van der Waals surface area contributed by atoms with Gasteiger partial charge in [0.05, 0.1) is 27.2 Å². The number of aromatic nitrogens is 1. The zero-order valence-corrected chi connectivity index (χ0v) is 22.3. The first kappa shape index (κ1) is 26.1. The number of hydrogen-bond acceptors (Lipinski definition) is 6. The zero-order chi connectivity index (χ0) is 25.2. The Bertz CT molecular complexity index is 1080. The minimum Gasteiger partial charge on any atom is -0.503 e. The van der Waals surface area contributed by atoms with Crippen LogP contribution < -0.4 is 0 Å². The number of Topliss-reactive ketones (excluding diaryl/α,β-unsaturated/α-hetero) is 1. The van der Waals surface area contributed by atoms with Gasteiger partial charge in [-0.2, -0.15) is 0 Å². The molecule has 3 rings (SSSR count). The maximum atomic E-state index is 13.6. The van der Waals surface area contributed by atoms with Crippen LogP contribution in [-0.2, 0) is 10.2 Å². The summed E-state index contributed by atoms with van der Waals surface area (Å²) in [4.78, 5) is 35.7. The van der Waals surface area contributed by atoms with Crippen molar-refractivity contribution in [1.29, 1.82) is 0 Å². The van der Waals surface area contributed by atoms with Crippen LogP contribution in [0.5, 0.6) is 0 Å². The van der Waals surface area contributed by atoms with E-state index in [1.54, 1.807) is 11.8 Å². The van der Waals surface area contributed by atoms with Crippen LogP contribution in [0, 0.1) is 13.8 Å². The summed E-state index contributed by atoms with van der Waals surface area (Å²) < 4.78 is 0. The molecule has 1 aliphatic rings. The molecule has 1 N–H and O–H groups in total. The predicted molar refractivity (Wildman–Crippen MR) is 138 cm³/mol. The Balaban J connectivity index is 2.01. The molecule has 0 spiro atoms. The van der Waals surface area contributed by atoms with E-state index in [2.05, 4.69) is 44.5 Å². The highest BCUT2D eigenvalue weighted by Crippen LogP contribution is 2.40. The largest absolute Gasteiger partial charge is 0.503 e. The van der Waals surface area contributed by atoms with Crippen molar-refractivity contribution in [3.63, 3.8) is 0 Å². The predicted octanol–water partition coefficient (Wildman–Crippen LogP) is 5.37. The fraction of sp³-hybridized carbons (Fsp3) is 0.519. The molecule has 1 aromatic heterocycles. The average Bonchev–Trinajstić information content (AvgIpc) is 3.26. The van der Waals surface area contributed by atoms with Crippen molar-refractivity contribution < 1.29 is 14.7 Å². The van der Waals surface area contributed by atoms with E-state index in [0.29, 0.717) is 17.1 Å². The van der Waals surface area contributed by atoms with Gasteiger partial charge in [-0.25, -0.2) is 4.98 Å². The maximum Gasteiger partial charge on any atom is 0.290 e. The number of hydrogen-bond donors (Lipinski definition) is 1. The zero-order valence-electron chi connectivity index (χ0n) is 21.4. The fourth-order valence-electron chi connectivity index (χ4n) is 4.50. The molecule has 1 aromatic carbocycles. The summed E-state index contributed by atoms with van der Waals surface area (Å²) in [6.07, 6.45) is 0.761. The van der Waals surface area contributed by atoms with E-state index in [1.807, 2.05) is 31.2 Å². The molecule has 1 amide bonds. The molecule has 0 saturated heterocycles. The SMILES string of the molecule is CCN(CC)CCCN1C(=O)C(O)=C(C(=O)c2sc(C)nc2C)[C@H]1c1ccc(C(C)(C)C)cc1. The molecule has 7 heteroatoms. The van der Waals surface area contributed by atoms with Crippen molar-refractivity contribution in [1.82, 2.24) is 14.8 Å². The fourth-order valence-corrected chi connectivity index (χ4v) is 5.37. The van der Waals surface area contributed by atoms with Crippen LogP contribution in [0.15, 0.2) is 35.6 Å². The van der Waals surface area contributed by atoms with E-state index in [9.17, 15) is 14.7 Å². The van der Waals surface area contributed by atoms with Gasteiger partial charge in [0.15, 0.2) is 5.76 Å². The lowest BCUT2D eigenvalue weighted by atomic mass is 9.85. The van der Waals surface area contributed by atoms with Gasteiger partial charge in [-0.3, -0.25) is 9.59 Å². The average molecular weight is 484 g/mol. The van der Waals surface area contributed by atoms with E-state index < -0.39 is 17.7 Å². The minimum atomic E-state index is -0.618. The number of benzene rings is 1. The van der Waals surface area contributed by atoms with Crippen LogP contribution in [0.25, 0.3) is 0 Å². The molecule has 0 saturated carbocycles. The molecule has 2 aromatic rings. The molecule has 2 heterocycles. The first-order chi connectivity index (χ1) is 16.0. The van der Waals surface area contributed by atoms with E-state index >= 15 is 0 Å². The van der Waals surface area contributed by atoms with E-state index in [4.69, 9.17) is 0 Å². The standard InChI is InChI=1S/C27H37N3O3S/c1-8-29(9-2)15-10-16-30-22(19-11-13-20(14-12-19)27(5,6)7)21(24(32)26(30)33)23(31)25-17(3)28-18(4)34-25/h11-14,22,32H,8-10,15-16H2,1-7H3/t22-/m1/s1. The van der Waals surface area contributed by atoms with Crippen LogP contribution in [0.3, 0.4) is 0 Å². The molecule has 1 atom stereocenters. The lowest BCUT2D eigenvalue weighted by Gasteiger charge is -2.28. The second-order valence-corrected chi connectivity index (χ2v) is 11.1. The van der Waals surface area contributed by atoms with E-state index in [-0.39, 0.29) is 16.8 Å². The maximum absolute atomic E-state index is 13.6. The third kappa shape index (κ3) is 5.26. The second kappa shape index (κ2) is 10.4. The first-order valence-corrected chi connectivity index (χ1v) is 12.9. The number of thiazole rings is 1. The Morgan fingerprint density at radius 1 is 1.15 bits per heavy atom. The smallest absolute Gasteiger partial charge is 0.290 e. The van der Waals surface area contributed by atoms with Crippen molar-refractivity contribution in [2.24, 2.45) is 0 Å². The van der Waals surface area contributed by atoms with Gasteiger partial charge in [-0.15, -0.1) is 11.3 Å². The molecule has 0 aliphatic carbocycles. The molecule has 0 unspecified atom stereocenters. The number of ketones is 1. The highest BCUT2D eigenvalue weighted by molar-refractivity contribution is 7.14. The number of carbonyl (C=O) groups excluding carboxylic acids is 2. The molecular weight excluding hydrogens is 446 g/mol. The van der Waals surface area contributed by atoms with E-state index in [1.165, 1.54) is 16.9 Å². The van der Waals surface area contributed by atoms with Crippen molar-refractivity contribution in [3.8, 4) is 0 Å². The van der Waals surface area contributed by atoms with E-state index in [0.717, 1.165) is 36.6 Å². The topological polar surface area (TPSA) is 73.7 Å². The summed E-state index contributed by atoms with van der Waals surface area (Å²) >= 11 is 1.30. The van der Waals surface area contributed by atoms with Crippen molar-refractivity contribution in [2.75, 3.05) is 26.2 Å². The minimum absolute atomic E-state index is 0.0125. The number of rotatable bonds is 9. The number of amides is 1. The Morgan fingerprint density at radius 3 is 2.26 bits per heavy atom. The molecular formula is C27H37N3O3S. The molecule has 34 heavy (non-hydrogen) atoms. The molecule has 184 valence electrons. The first-order valence-electron chi connectivity index (χ1n) is 12.0. The molecule has 1 aliphatic heterocycles. The third-order valence-corrected chi connectivity index (χ3v) is 7.59. The number of carbonyl (C=O) groups is 2. The molecule has 6 nitrogen and oxygen atoms in total. The van der Waals surface area contributed by atoms with Crippen LogP contribution in [0.2, 0.25) is 0 Å². The summed E-state index contributed by atoms with van der Waals surface area (Å²) in [5.41, 5.74) is 2.77. The quantitative estimate of drug-likeness (QED) is 0.486. The Kier molecular flexibility index (Phi) is 7.98. The summed E-state index contributed by atoms with van der Waals surface area (Å²) in [5, 5.41) is 11.7. The lowest BCUT2D eigenvalue weighted by molar-refractivity contribution is -0.129.